The summed E-state index contributed by atoms with van der Waals surface area (Å²) in [7, 11) is 0. The highest BCUT2D eigenvalue weighted by Crippen LogP contribution is 2.33. The molecule has 0 saturated carbocycles. The first-order valence-electron chi connectivity index (χ1n) is 5.71. The molecule has 2 amide bonds. The second-order valence-electron chi connectivity index (χ2n) is 4.51. The van der Waals surface area contributed by atoms with Crippen molar-refractivity contribution < 1.29 is 14.4 Å². The summed E-state index contributed by atoms with van der Waals surface area (Å²) < 4.78 is 0. The monoisotopic (exact) mass is 246 g/mol. The lowest BCUT2D eigenvalue weighted by Gasteiger charge is -2.21. The molecule has 0 unspecified atom stereocenters. The zero-order valence-electron chi connectivity index (χ0n) is 10.5. The van der Waals surface area contributed by atoms with Gasteiger partial charge < -0.3 is 10.2 Å². The highest BCUT2D eigenvalue weighted by atomic mass is 16.2. The van der Waals surface area contributed by atoms with Crippen LogP contribution in [0.15, 0.2) is 18.2 Å². The van der Waals surface area contributed by atoms with Crippen LogP contribution in [-0.2, 0) is 9.59 Å². The molecular weight excluding hydrogens is 232 g/mol. The number of hydrogen-bond donors (Lipinski definition) is 1. The van der Waals surface area contributed by atoms with E-state index in [1.165, 1.54) is 11.8 Å². The van der Waals surface area contributed by atoms with E-state index in [-0.39, 0.29) is 11.9 Å². The van der Waals surface area contributed by atoms with E-state index in [9.17, 15) is 14.4 Å². The predicted octanol–water partition coefficient (Wildman–Crippen LogP) is 1.58. The molecule has 1 aromatic rings. The Kier molecular flexibility index (Phi) is 2.90. The van der Waals surface area contributed by atoms with Gasteiger partial charge in [0, 0.05) is 18.7 Å². The van der Waals surface area contributed by atoms with Crippen LogP contribution in [0.1, 0.15) is 31.1 Å². The number of rotatable bonds is 2. The lowest BCUT2D eigenvalue weighted by Crippen LogP contribution is -2.35. The number of carbonyl (C=O) groups is 3. The third kappa shape index (κ3) is 1.88. The molecule has 0 fully saturated rings. The number of ketones is 1. The quantitative estimate of drug-likeness (QED) is 0.806. The average molecular weight is 246 g/mol. The molecule has 1 aliphatic heterocycles. The Morgan fingerprint density at radius 1 is 1.28 bits per heavy atom. The number of hydrogen-bond acceptors (Lipinski definition) is 3. The summed E-state index contributed by atoms with van der Waals surface area (Å²) >= 11 is 0. The van der Waals surface area contributed by atoms with E-state index in [0.717, 1.165) is 0 Å². The van der Waals surface area contributed by atoms with Gasteiger partial charge in [-0.2, -0.15) is 0 Å². The van der Waals surface area contributed by atoms with E-state index in [4.69, 9.17) is 0 Å². The second-order valence-corrected chi connectivity index (χ2v) is 4.51. The maximum Gasteiger partial charge on any atom is 0.299 e. The fraction of sp³-hybridized carbons (Fsp3) is 0.308. The third-order valence-electron chi connectivity index (χ3n) is 2.75. The van der Waals surface area contributed by atoms with Crippen LogP contribution in [0.3, 0.4) is 0 Å². The summed E-state index contributed by atoms with van der Waals surface area (Å²) in [5.41, 5.74) is 1.53. The van der Waals surface area contributed by atoms with E-state index in [1.54, 1.807) is 18.2 Å². The number of carbonyl (C=O) groups excluding carboxylic acids is 3. The summed E-state index contributed by atoms with van der Waals surface area (Å²) in [6.45, 7) is 5.08. The number of anilines is 2. The summed E-state index contributed by atoms with van der Waals surface area (Å²) in [5, 5.41) is 2.64. The Hall–Kier alpha value is -2.17. The van der Waals surface area contributed by atoms with E-state index in [2.05, 4.69) is 5.32 Å². The van der Waals surface area contributed by atoms with Crippen LogP contribution < -0.4 is 10.2 Å². The number of nitrogens with one attached hydrogen (secondary N) is 1. The zero-order valence-corrected chi connectivity index (χ0v) is 10.5. The van der Waals surface area contributed by atoms with Gasteiger partial charge in [-0.1, -0.05) is 0 Å². The number of benzene rings is 1. The maximum absolute atomic E-state index is 11.8. The van der Waals surface area contributed by atoms with Gasteiger partial charge in [0.05, 0.1) is 11.3 Å². The van der Waals surface area contributed by atoms with Crippen molar-refractivity contribution in [2.24, 2.45) is 0 Å². The minimum atomic E-state index is -0.514. The predicted molar refractivity (Wildman–Crippen MR) is 67.7 cm³/mol. The molecule has 0 atom stereocenters. The Morgan fingerprint density at radius 2 is 1.94 bits per heavy atom. The number of nitrogens with zero attached hydrogens (tertiary/aromatic N) is 1. The highest BCUT2D eigenvalue weighted by Gasteiger charge is 2.37. The van der Waals surface area contributed by atoms with Crippen molar-refractivity contribution in [2.45, 2.75) is 26.8 Å². The average Bonchev–Trinajstić information content (AvgIpc) is 2.50. The molecule has 0 saturated heterocycles. The molecule has 0 radical (unpaired) electrons. The Labute approximate surface area is 105 Å². The van der Waals surface area contributed by atoms with Crippen LogP contribution >= 0.6 is 0 Å². The second kappa shape index (κ2) is 4.25. The van der Waals surface area contributed by atoms with Crippen LogP contribution in [0.25, 0.3) is 0 Å². The molecule has 5 heteroatoms. The topological polar surface area (TPSA) is 66.5 Å². The molecule has 5 nitrogen and oxygen atoms in total. The summed E-state index contributed by atoms with van der Waals surface area (Å²) in [4.78, 5) is 36.0. The van der Waals surface area contributed by atoms with Gasteiger partial charge in [-0.25, -0.2) is 0 Å². The largest absolute Gasteiger partial charge is 0.326 e. The molecular formula is C13H14N2O3. The number of fused-ring (bicyclic) bond motifs is 1. The summed E-state index contributed by atoms with van der Waals surface area (Å²) in [5.74, 6) is -1.20. The Bertz CT molecular complexity index is 549. The number of amides is 2. The van der Waals surface area contributed by atoms with E-state index in [1.807, 2.05) is 13.8 Å². The Morgan fingerprint density at radius 3 is 2.50 bits per heavy atom. The first-order chi connectivity index (χ1) is 8.41. The first kappa shape index (κ1) is 12.3. The van der Waals surface area contributed by atoms with E-state index >= 15 is 0 Å². The molecule has 0 aliphatic carbocycles. The van der Waals surface area contributed by atoms with Crippen molar-refractivity contribution in [3.8, 4) is 0 Å². The minimum Gasteiger partial charge on any atom is -0.326 e. The van der Waals surface area contributed by atoms with E-state index in [0.29, 0.717) is 16.9 Å². The Balaban J connectivity index is 2.48. The van der Waals surface area contributed by atoms with Crippen molar-refractivity contribution >= 4 is 29.0 Å². The smallest absolute Gasteiger partial charge is 0.299 e. The maximum atomic E-state index is 11.8. The molecule has 0 aromatic heterocycles. The summed E-state index contributed by atoms with van der Waals surface area (Å²) in [6.07, 6.45) is 0. The van der Waals surface area contributed by atoms with E-state index < -0.39 is 11.7 Å². The van der Waals surface area contributed by atoms with Crippen LogP contribution in [-0.4, -0.2) is 23.6 Å². The molecule has 94 valence electrons. The fourth-order valence-corrected chi connectivity index (χ4v) is 2.05. The van der Waals surface area contributed by atoms with Crippen molar-refractivity contribution in [1.82, 2.24) is 0 Å². The zero-order chi connectivity index (χ0) is 13.4. The van der Waals surface area contributed by atoms with Gasteiger partial charge in [-0.05, 0) is 32.0 Å². The highest BCUT2D eigenvalue weighted by molar-refractivity contribution is 6.52. The standard InChI is InChI=1S/C13H14N2O3/c1-7(2)15-11-6-9(14-8(3)16)4-5-10(11)12(17)13(15)18/h4-7H,1-3H3,(H,14,16). The van der Waals surface area contributed by atoms with Crippen LogP contribution in [0.4, 0.5) is 11.4 Å². The fourth-order valence-electron chi connectivity index (χ4n) is 2.05. The SMILES string of the molecule is CC(=O)Nc1ccc2c(c1)N(C(C)C)C(=O)C2=O. The molecule has 0 spiro atoms. The molecule has 0 bridgehead atoms. The lowest BCUT2D eigenvalue weighted by molar-refractivity contribution is -0.115. The van der Waals surface area contributed by atoms with Crippen molar-refractivity contribution in [3.05, 3.63) is 23.8 Å². The van der Waals surface area contributed by atoms with Crippen LogP contribution in [0.2, 0.25) is 0 Å². The number of Topliss-reactive ketones (excluding diaryl/α,β-unsaturated/α-hetero) is 1. The summed E-state index contributed by atoms with van der Waals surface area (Å²) in [6, 6.07) is 4.74. The van der Waals surface area contributed by atoms with Gasteiger partial charge >= 0.3 is 0 Å². The molecule has 1 N–H and O–H groups in total. The van der Waals surface area contributed by atoms with Crippen LogP contribution in [0.5, 0.6) is 0 Å². The third-order valence-corrected chi connectivity index (χ3v) is 2.75. The van der Waals surface area contributed by atoms with Crippen molar-refractivity contribution in [2.75, 3.05) is 10.2 Å². The lowest BCUT2D eigenvalue weighted by atomic mass is 10.1. The van der Waals surface area contributed by atoms with Gasteiger partial charge in [0.15, 0.2) is 0 Å². The first-order valence-corrected chi connectivity index (χ1v) is 5.71. The van der Waals surface area contributed by atoms with Gasteiger partial charge in [-0.3, -0.25) is 14.4 Å². The van der Waals surface area contributed by atoms with Gasteiger partial charge in [-0.15, -0.1) is 0 Å². The molecule has 2 rings (SSSR count). The van der Waals surface area contributed by atoms with Crippen molar-refractivity contribution in [1.29, 1.82) is 0 Å². The normalized spacial score (nSPS) is 14.1. The molecule has 1 heterocycles. The minimum absolute atomic E-state index is 0.102. The molecule has 18 heavy (non-hydrogen) atoms. The van der Waals surface area contributed by atoms with Gasteiger partial charge in [0.25, 0.3) is 11.7 Å². The van der Waals surface area contributed by atoms with Crippen LogP contribution in [0, 0.1) is 0 Å². The molecule has 1 aliphatic rings. The van der Waals surface area contributed by atoms with Crippen molar-refractivity contribution in [3.63, 3.8) is 0 Å². The molecule has 1 aromatic carbocycles. The van der Waals surface area contributed by atoms with Gasteiger partial charge in [0.2, 0.25) is 5.91 Å². The van der Waals surface area contributed by atoms with Gasteiger partial charge in [0.1, 0.15) is 0 Å².